The van der Waals surface area contributed by atoms with Gasteiger partial charge in [0, 0.05) is 12.6 Å². The fraction of sp³-hybridized carbons (Fsp3) is 1.00. The number of aliphatic hydroxyl groups is 1. The van der Waals surface area contributed by atoms with Crippen LogP contribution in [0.3, 0.4) is 0 Å². The van der Waals surface area contributed by atoms with Crippen molar-refractivity contribution >= 4 is 0 Å². The molecular formula is C13H27NO. The number of hydrogen-bond acceptors (Lipinski definition) is 2. The van der Waals surface area contributed by atoms with Crippen molar-refractivity contribution in [3.05, 3.63) is 0 Å². The van der Waals surface area contributed by atoms with Gasteiger partial charge in [0.25, 0.3) is 0 Å². The van der Waals surface area contributed by atoms with E-state index in [9.17, 15) is 5.11 Å². The molecule has 0 heterocycles. The summed E-state index contributed by atoms with van der Waals surface area (Å²) >= 11 is 0. The van der Waals surface area contributed by atoms with Crippen LogP contribution in [0.15, 0.2) is 0 Å². The van der Waals surface area contributed by atoms with Gasteiger partial charge in [-0.3, -0.25) is 0 Å². The van der Waals surface area contributed by atoms with Crippen molar-refractivity contribution in [2.45, 2.75) is 70.9 Å². The number of rotatable bonds is 6. The van der Waals surface area contributed by atoms with Gasteiger partial charge in [0.05, 0.1) is 5.60 Å². The zero-order chi connectivity index (χ0) is 11.3. The average Bonchev–Trinajstić information content (AvgIpc) is 2.62. The average molecular weight is 213 g/mol. The molecule has 1 saturated carbocycles. The van der Waals surface area contributed by atoms with E-state index in [4.69, 9.17) is 0 Å². The summed E-state index contributed by atoms with van der Waals surface area (Å²) in [5, 5.41) is 13.6. The molecule has 1 rings (SSSR count). The molecule has 3 unspecified atom stereocenters. The Kier molecular flexibility index (Phi) is 5.07. The summed E-state index contributed by atoms with van der Waals surface area (Å²) in [6, 6.07) is 0.651. The van der Waals surface area contributed by atoms with Crippen LogP contribution in [-0.4, -0.2) is 23.3 Å². The van der Waals surface area contributed by atoms with Gasteiger partial charge in [-0.1, -0.05) is 33.1 Å². The maximum Gasteiger partial charge on any atom is 0.0743 e. The van der Waals surface area contributed by atoms with Crippen molar-refractivity contribution in [1.29, 1.82) is 0 Å². The Morgan fingerprint density at radius 1 is 1.33 bits per heavy atom. The Bertz CT molecular complexity index is 179. The zero-order valence-corrected chi connectivity index (χ0v) is 10.6. The maximum atomic E-state index is 10.1. The first kappa shape index (κ1) is 13.0. The molecule has 0 bridgehead atoms. The maximum absolute atomic E-state index is 10.1. The molecule has 2 N–H and O–H groups in total. The first-order valence-corrected chi connectivity index (χ1v) is 6.55. The molecule has 0 saturated heterocycles. The standard InChI is InChI=1S/C13H27NO/c1-4-9-13(3,15)10-14-12-8-6-7-11(12)5-2/h11-12,14-15H,4-10H2,1-3H3. The molecule has 0 aromatic carbocycles. The van der Waals surface area contributed by atoms with Gasteiger partial charge in [0.2, 0.25) is 0 Å². The third-order valence-corrected chi connectivity index (χ3v) is 3.72. The van der Waals surface area contributed by atoms with Gasteiger partial charge in [-0.25, -0.2) is 0 Å². The molecule has 2 heteroatoms. The van der Waals surface area contributed by atoms with Crippen LogP contribution in [0.2, 0.25) is 0 Å². The van der Waals surface area contributed by atoms with Gasteiger partial charge in [-0.15, -0.1) is 0 Å². The van der Waals surface area contributed by atoms with Crippen molar-refractivity contribution in [2.75, 3.05) is 6.54 Å². The van der Waals surface area contributed by atoms with Crippen LogP contribution in [0, 0.1) is 5.92 Å². The van der Waals surface area contributed by atoms with E-state index in [0.717, 1.165) is 25.3 Å². The monoisotopic (exact) mass is 213 g/mol. The van der Waals surface area contributed by atoms with Gasteiger partial charge < -0.3 is 10.4 Å². The molecule has 1 aliphatic carbocycles. The van der Waals surface area contributed by atoms with Crippen LogP contribution < -0.4 is 5.32 Å². The Morgan fingerprint density at radius 2 is 2.07 bits per heavy atom. The molecule has 15 heavy (non-hydrogen) atoms. The summed E-state index contributed by atoms with van der Waals surface area (Å²) in [4.78, 5) is 0. The molecule has 0 radical (unpaired) electrons. The van der Waals surface area contributed by atoms with E-state index < -0.39 is 5.60 Å². The molecule has 0 aromatic heterocycles. The summed E-state index contributed by atoms with van der Waals surface area (Å²) in [7, 11) is 0. The largest absolute Gasteiger partial charge is 0.389 e. The predicted molar refractivity (Wildman–Crippen MR) is 65.0 cm³/mol. The predicted octanol–water partition coefficient (Wildman–Crippen LogP) is 2.71. The van der Waals surface area contributed by atoms with Crippen molar-refractivity contribution in [3.8, 4) is 0 Å². The Morgan fingerprint density at radius 3 is 2.67 bits per heavy atom. The lowest BCUT2D eigenvalue weighted by Gasteiger charge is -2.27. The SMILES string of the molecule is CCCC(C)(O)CNC1CCCC1CC. The summed E-state index contributed by atoms with van der Waals surface area (Å²) < 4.78 is 0. The Balaban J connectivity index is 2.29. The third-order valence-electron chi connectivity index (χ3n) is 3.72. The van der Waals surface area contributed by atoms with E-state index in [1.807, 2.05) is 6.92 Å². The van der Waals surface area contributed by atoms with Gasteiger partial charge in [-0.2, -0.15) is 0 Å². The van der Waals surface area contributed by atoms with Crippen molar-refractivity contribution in [3.63, 3.8) is 0 Å². The molecule has 1 fully saturated rings. The van der Waals surface area contributed by atoms with Gasteiger partial charge in [-0.05, 0) is 32.1 Å². The lowest BCUT2D eigenvalue weighted by Crippen LogP contribution is -2.43. The van der Waals surface area contributed by atoms with E-state index in [0.29, 0.717) is 6.04 Å². The number of nitrogens with one attached hydrogen (secondary N) is 1. The Hall–Kier alpha value is -0.0800. The van der Waals surface area contributed by atoms with Crippen LogP contribution in [0.5, 0.6) is 0 Å². The highest BCUT2D eigenvalue weighted by atomic mass is 16.3. The zero-order valence-electron chi connectivity index (χ0n) is 10.6. The van der Waals surface area contributed by atoms with Crippen LogP contribution in [0.25, 0.3) is 0 Å². The molecule has 1 aliphatic rings. The van der Waals surface area contributed by atoms with Crippen LogP contribution >= 0.6 is 0 Å². The van der Waals surface area contributed by atoms with Gasteiger partial charge in [0.1, 0.15) is 0 Å². The van der Waals surface area contributed by atoms with Gasteiger partial charge in [0.15, 0.2) is 0 Å². The second kappa shape index (κ2) is 5.86. The highest BCUT2D eigenvalue weighted by molar-refractivity contribution is 4.85. The van der Waals surface area contributed by atoms with Crippen LogP contribution in [0.4, 0.5) is 0 Å². The second-order valence-electron chi connectivity index (χ2n) is 5.33. The smallest absolute Gasteiger partial charge is 0.0743 e. The highest BCUT2D eigenvalue weighted by Gasteiger charge is 2.27. The Labute approximate surface area is 94.5 Å². The summed E-state index contributed by atoms with van der Waals surface area (Å²) in [5.74, 6) is 0.836. The first-order chi connectivity index (χ1) is 7.09. The van der Waals surface area contributed by atoms with Crippen molar-refractivity contribution in [1.82, 2.24) is 5.32 Å². The summed E-state index contributed by atoms with van der Waals surface area (Å²) in [6.45, 7) is 7.09. The minimum Gasteiger partial charge on any atom is -0.389 e. The van der Waals surface area contributed by atoms with E-state index in [1.165, 1.54) is 25.7 Å². The number of hydrogen-bond donors (Lipinski definition) is 2. The van der Waals surface area contributed by atoms with Crippen molar-refractivity contribution < 1.29 is 5.11 Å². The topological polar surface area (TPSA) is 32.3 Å². The minimum absolute atomic E-state index is 0.518. The normalized spacial score (nSPS) is 30.4. The quantitative estimate of drug-likeness (QED) is 0.711. The first-order valence-electron chi connectivity index (χ1n) is 6.55. The van der Waals surface area contributed by atoms with Crippen LogP contribution in [0.1, 0.15) is 59.3 Å². The molecule has 0 aromatic rings. The van der Waals surface area contributed by atoms with Crippen LogP contribution in [-0.2, 0) is 0 Å². The molecular weight excluding hydrogens is 186 g/mol. The lowest BCUT2D eigenvalue weighted by molar-refractivity contribution is 0.0457. The van der Waals surface area contributed by atoms with E-state index in [1.54, 1.807) is 0 Å². The van der Waals surface area contributed by atoms with E-state index >= 15 is 0 Å². The molecule has 0 amide bonds. The minimum atomic E-state index is -0.518. The fourth-order valence-electron chi connectivity index (χ4n) is 2.77. The third kappa shape index (κ3) is 4.12. The van der Waals surface area contributed by atoms with E-state index in [2.05, 4.69) is 19.2 Å². The van der Waals surface area contributed by atoms with Gasteiger partial charge >= 0.3 is 0 Å². The molecule has 3 atom stereocenters. The molecule has 0 aliphatic heterocycles. The van der Waals surface area contributed by atoms with E-state index in [-0.39, 0.29) is 0 Å². The molecule has 0 spiro atoms. The second-order valence-corrected chi connectivity index (χ2v) is 5.33. The lowest BCUT2D eigenvalue weighted by atomic mass is 9.97. The molecule has 90 valence electrons. The summed E-state index contributed by atoms with van der Waals surface area (Å²) in [6.07, 6.45) is 7.23. The molecule has 2 nitrogen and oxygen atoms in total. The highest BCUT2D eigenvalue weighted by Crippen LogP contribution is 2.28. The fourth-order valence-corrected chi connectivity index (χ4v) is 2.77. The van der Waals surface area contributed by atoms with Crippen molar-refractivity contribution in [2.24, 2.45) is 5.92 Å². The summed E-state index contributed by atoms with van der Waals surface area (Å²) in [5.41, 5.74) is -0.518.